The molecule has 0 aromatic heterocycles. The number of hydrogen-bond donors (Lipinski definition) is 0. The molecule has 0 fully saturated rings. The summed E-state index contributed by atoms with van der Waals surface area (Å²) in [5, 5.41) is 0. The average Bonchev–Trinajstić information content (AvgIpc) is 2.65. The van der Waals surface area contributed by atoms with Crippen molar-refractivity contribution in [2.24, 2.45) is 5.92 Å². The van der Waals surface area contributed by atoms with Crippen molar-refractivity contribution in [1.29, 1.82) is 0 Å². The average molecular weight is 371 g/mol. The number of ether oxygens (including phenoxy) is 2. The molecule has 0 aromatic carbocycles. The summed E-state index contributed by atoms with van der Waals surface area (Å²) in [7, 11) is 0. The Hall–Kier alpha value is -1.06. The van der Waals surface area contributed by atoms with Crippen LogP contribution < -0.4 is 0 Å². The van der Waals surface area contributed by atoms with Crippen LogP contribution in [0, 0.1) is 5.92 Å². The molecule has 2 unspecified atom stereocenters. The summed E-state index contributed by atoms with van der Waals surface area (Å²) in [6.45, 7) is 7.19. The van der Waals surface area contributed by atoms with E-state index in [0.717, 1.165) is 38.5 Å². The lowest BCUT2D eigenvalue weighted by atomic mass is 9.93. The highest BCUT2D eigenvalue weighted by Crippen LogP contribution is 2.20. The summed E-state index contributed by atoms with van der Waals surface area (Å²) < 4.78 is 10.4. The first kappa shape index (κ1) is 24.9. The van der Waals surface area contributed by atoms with Crippen molar-refractivity contribution in [3.8, 4) is 0 Å². The molecule has 0 aliphatic carbocycles. The fraction of sp³-hybridized carbons (Fsp3) is 0.909. The summed E-state index contributed by atoms with van der Waals surface area (Å²) in [4.78, 5) is 23.0. The molecule has 0 aliphatic heterocycles. The van der Waals surface area contributed by atoms with E-state index in [1.807, 2.05) is 6.92 Å². The summed E-state index contributed by atoms with van der Waals surface area (Å²) in [5.41, 5.74) is 0. The Morgan fingerprint density at radius 1 is 0.808 bits per heavy atom. The minimum atomic E-state index is -0.743. The Morgan fingerprint density at radius 2 is 1.35 bits per heavy atom. The fourth-order valence-electron chi connectivity index (χ4n) is 3.30. The van der Waals surface area contributed by atoms with Crippen LogP contribution in [-0.4, -0.2) is 25.2 Å². The minimum absolute atomic E-state index is 0.0559. The molecule has 0 amide bonds. The minimum Gasteiger partial charge on any atom is -0.463 e. The van der Waals surface area contributed by atoms with Crippen molar-refractivity contribution < 1.29 is 19.1 Å². The Kier molecular flexibility index (Phi) is 18.0. The van der Waals surface area contributed by atoms with E-state index in [9.17, 15) is 9.59 Å². The zero-order valence-corrected chi connectivity index (χ0v) is 17.5. The predicted octanol–water partition coefficient (Wildman–Crippen LogP) is 6.21. The van der Waals surface area contributed by atoms with E-state index < -0.39 is 6.10 Å². The molecule has 0 heterocycles. The van der Waals surface area contributed by atoms with Gasteiger partial charge < -0.3 is 9.47 Å². The topological polar surface area (TPSA) is 52.6 Å². The fourth-order valence-corrected chi connectivity index (χ4v) is 3.30. The molecule has 0 radical (unpaired) electrons. The van der Waals surface area contributed by atoms with Crippen LogP contribution in [-0.2, 0) is 19.1 Å². The lowest BCUT2D eigenvalue weighted by Crippen LogP contribution is -2.34. The third-order valence-electron chi connectivity index (χ3n) is 5.06. The summed E-state index contributed by atoms with van der Waals surface area (Å²) in [6, 6.07) is 0. The molecule has 0 spiro atoms. The van der Waals surface area contributed by atoms with Crippen LogP contribution >= 0.6 is 0 Å². The van der Waals surface area contributed by atoms with E-state index in [0.29, 0.717) is 13.1 Å². The van der Waals surface area contributed by atoms with Crippen LogP contribution in [0.5, 0.6) is 0 Å². The molecule has 0 saturated heterocycles. The van der Waals surface area contributed by atoms with Gasteiger partial charge in [0.15, 0.2) is 0 Å². The predicted molar refractivity (Wildman–Crippen MR) is 107 cm³/mol. The summed E-state index contributed by atoms with van der Waals surface area (Å²) in [5.74, 6) is -0.323. The van der Waals surface area contributed by atoms with Gasteiger partial charge in [-0.2, -0.15) is 0 Å². The SMILES string of the molecule is CCCCCCCCCCCCOC(=O)C(OC=O)C(CC)CCCC. The maximum absolute atomic E-state index is 12.3. The van der Waals surface area contributed by atoms with Gasteiger partial charge in [-0.1, -0.05) is 91.4 Å². The van der Waals surface area contributed by atoms with Crippen molar-refractivity contribution in [2.45, 2.75) is 117 Å². The zero-order chi connectivity index (χ0) is 19.5. The second-order valence-corrected chi connectivity index (χ2v) is 7.31. The molecule has 2 atom stereocenters. The first-order valence-electron chi connectivity index (χ1n) is 11.0. The van der Waals surface area contributed by atoms with Gasteiger partial charge >= 0.3 is 5.97 Å². The van der Waals surface area contributed by atoms with E-state index in [4.69, 9.17) is 9.47 Å². The Bertz CT molecular complexity index is 330. The first-order valence-corrected chi connectivity index (χ1v) is 11.0. The summed E-state index contributed by atoms with van der Waals surface area (Å²) >= 11 is 0. The second-order valence-electron chi connectivity index (χ2n) is 7.31. The maximum Gasteiger partial charge on any atom is 0.347 e. The van der Waals surface area contributed by atoms with Crippen LogP contribution in [0.15, 0.2) is 0 Å². The zero-order valence-electron chi connectivity index (χ0n) is 17.5. The lowest BCUT2D eigenvalue weighted by molar-refractivity contribution is -0.165. The molecule has 0 bridgehead atoms. The van der Waals surface area contributed by atoms with Gasteiger partial charge in [0.25, 0.3) is 6.47 Å². The second kappa shape index (κ2) is 18.7. The van der Waals surface area contributed by atoms with Gasteiger partial charge in [-0.25, -0.2) is 4.79 Å². The van der Waals surface area contributed by atoms with E-state index >= 15 is 0 Å². The summed E-state index contributed by atoms with van der Waals surface area (Å²) in [6.07, 6.45) is 15.6. The maximum atomic E-state index is 12.3. The van der Waals surface area contributed by atoms with Crippen molar-refractivity contribution in [3.63, 3.8) is 0 Å². The van der Waals surface area contributed by atoms with Crippen LogP contribution in [0.1, 0.15) is 111 Å². The molecule has 0 aromatic rings. The van der Waals surface area contributed by atoms with E-state index in [1.165, 1.54) is 51.4 Å². The lowest BCUT2D eigenvalue weighted by Gasteiger charge is -2.23. The third kappa shape index (κ3) is 13.2. The molecule has 4 heteroatoms. The quantitative estimate of drug-likeness (QED) is 0.154. The van der Waals surface area contributed by atoms with Crippen molar-refractivity contribution >= 4 is 12.4 Å². The van der Waals surface area contributed by atoms with Gasteiger partial charge in [0.2, 0.25) is 6.10 Å². The number of carbonyl (C=O) groups excluding carboxylic acids is 2. The van der Waals surface area contributed by atoms with Crippen LogP contribution in [0.4, 0.5) is 0 Å². The first-order chi connectivity index (χ1) is 12.7. The Labute approximate surface area is 161 Å². The highest BCUT2D eigenvalue weighted by Gasteiger charge is 2.29. The number of hydrogen-bond acceptors (Lipinski definition) is 4. The molecule has 0 N–H and O–H groups in total. The normalized spacial score (nSPS) is 13.2. The van der Waals surface area contributed by atoms with Crippen molar-refractivity contribution in [3.05, 3.63) is 0 Å². The molecule has 0 aliphatic rings. The monoisotopic (exact) mass is 370 g/mol. The van der Waals surface area contributed by atoms with Gasteiger partial charge in [0.1, 0.15) is 0 Å². The standard InChI is InChI=1S/C22H42O4/c1-4-7-9-10-11-12-13-14-15-16-18-25-22(24)21(26-19-23)20(6-3)17-8-5-2/h19-21H,4-18H2,1-3H3. The van der Waals surface area contributed by atoms with Gasteiger partial charge in [0.05, 0.1) is 6.61 Å². The van der Waals surface area contributed by atoms with Gasteiger partial charge in [-0.05, 0) is 19.3 Å². The molecule has 26 heavy (non-hydrogen) atoms. The molecular weight excluding hydrogens is 328 g/mol. The third-order valence-corrected chi connectivity index (χ3v) is 5.06. The van der Waals surface area contributed by atoms with Crippen molar-refractivity contribution in [2.75, 3.05) is 6.61 Å². The number of rotatable bonds is 19. The van der Waals surface area contributed by atoms with Crippen LogP contribution in [0.25, 0.3) is 0 Å². The van der Waals surface area contributed by atoms with E-state index in [-0.39, 0.29) is 11.9 Å². The number of esters is 1. The highest BCUT2D eigenvalue weighted by atomic mass is 16.6. The molecular formula is C22H42O4. The van der Waals surface area contributed by atoms with Crippen LogP contribution in [0.3, 0.4) is 0 Å². The Morgan fingerprint density at radius 3 is 1.85 bits per heavy atom. The Balaban J connectivity index is 3.83. The largest absolute Gasteiger partial charge is 0.463 e. The molecule has 154 valence electrons. The highest BCUT2D eigenvalue weighted by molar-refractivity contribution is 5.76. The van der Waals surface area contributed by atoms with Crippen LogP contribution in [0.2, 0.25) is 0 Å². The number of unbranched alkanes of at least 4 members (excludes halogenated alkanes) is 10. The van der Waals surface area contributed by atoms with Gasteiger partial charge in [-0.15, -0.1) is 0 Å². The number of carbonyl (C=O) groups is 2. The molecule has 0 saturated carbocycles. The van der Waals surface area contributed by atoms with E-state index in [2.05, 4.69) is 13.8 Å². The van der Waals surface area contributed by atoms with Crippen molar-refractivity contribution in [1.82, 2.24) is 0 Å². The molecule has 0 rings (SSSR count). The smallest absolute Gasteiger partial charge is 0.347 e. The van der Waals surface area contributed by atoms with Gasteiger partial charge in [0, 0.05) is 5.92 Å². The van der Waals surface area contributed by atoms with E-state index in [1.54, 1.807) is 0 Å². The molecule has 4 nitrogen and oxygen atoms in total. The van der Waals surface area contributed by atoms with Gasteiger partial charge in [-0.3, -0.25) is 4.79 Å².